The number of nitrogens with two attached hydrogens (primary N) is 1. The Hall–Kier alpha value is -0.870. The first-order valence-electron chi connectivity index (χ1n) is 7.72. The number of aromatic nitrogens is 2. The van der Waals surface area contributed by atoms with Crippen molar-refractivity contribution in [3.05, 3.63) is 17.7 Å². The molecule has 2 unspecified atom stereocenters. The van der Waals surface area contributed by atoms with Crippen molar-refractivity contribution in [3.8, 4) is 0 Å². The minimum atomic E-state index is 0.149. The van der Waals surface area contributed by atoms with Gasteiger partial charge in [0.1, 0.15) is 5.82 Å². The number of hydrogen-bond donors (Lipinski definition) is 1. The van der Waals surface area contributed by atoms with Gasteiger partial charge in [0.05, 0.1) is 6.17 Å². The van der Waals surface area contributed by atoms with E-state index in [-0.39, 0.29) is 6.17 Å². The molecule has 1 aromatic heterocycles. The molecule has 2 aliphatic heterocycles. The fourth-order valence-corrected chi connectivity index (χ4v) is 3.59. The van der Waals surface area contributed by atoms with Crippen LogP contribution in [0.4, 0.5) is 0 Å². The molecule has 2 N–H and O–H groups in total. The van der Waals surface area contributed by atoms with Gasteiger partial charge in [-0.1, -0.05) is 0 Å². The van der Waals surface area contributed by atoms with Crippen LogP contribution in [0.25, 0.3) is 0 Å². The summed E-state index contributed by atoms with van der Waals surface area (Å²) in [7, 11) is 0. The highest BCUT2D eigenvalue weighted by Gasteiger charge is 2.29. The lowest BCUT2D eigenvalue weighted by Crippen LogP contribution is -2.40. The molecule has 4 heteroatoms. The highest BCUT2D eigenvalue weighted by molar-refractivity contribution is 5.14. The Kier molecular flexibility index (Phi) is 3.63. The van der Waals surface area contributed by atoms with Crippen LogP contribution in [0.15, 0.2) is 6.20 Å². The number of nitrogens with zero attached hydrogens (tertiary/aromatic N) is 3. The van der Waals surface area contributed by atoms with Crippen LogP contribution in [0.1, 0.15) is 63.1 Å². The third-order valence-corrected chi connectivity index (χ3v) is 4.71. The molecule has 1 aromatic rings. The standard InChI is InChI=1S/C15H26N4/c1-11(2)18-8-4-5-12(10-18)15-17-9-13-6-3-7-14(16)19(13)15/h9,11-12,14H,3-8,10,16H2,1-2H3. The van der Waals surface area contributed by atoms with Gasteiger partial charge in [-0.15, -0.1) is 0 Å². The Morgan fingerprint density at radius 2 is 2.16 bits per heavy atom. The molecule has 0 amide bonds. The molecule has 2 atom stereocenters. The van der Waals surface area contributed by atoms with E-state index in [1.807, 2.05) is 0 Å². The minimum absolute atomic E-state index is 0.149. The van der Waals surface area contributed by atoms with Crippen LogP contribution < -0.4 is 5.73 Å². The molecule has 106 valence electrons. The van der Waals surface area contributed by atoms with Crippen LogP contribution in [-0.4, -0.2) is 33.6 Å². The largest absolute Gasteiger partial charge is 0.316 e. The van der Waals surface area contributed by atoms with Gasteiger partial charge in [-0.2, -0.15) is 0 Å². The first-order valence-corrected chi connectivity index (χ1v) is 7.72. The maximum absolute atomic E-state index is 6.30. The van der Waals surface area contributed by atoms with Gasteiger partial charge in [0.2, 0.25) is 0 Å². The number of piperidine rings is 1. The number of fused-ring (bicyclic) bond motifs is 1. The quantitative estimate of drug-likeness (QED) is 0.889. The highest BCUT2D eigenvalue weighted by atomic mass is 15.2. The maximum atomic E-state index is 6.30. The number of imidazole rings is 1. The van der Waals surface area contributed by atoms with Gasteiger partial charge in [-0.3, -0.25) is 0 Å². The van der Waals surface area contributed by atoms with Crippen LogP contribution in [0.5, 0.6) is 0 Å². The average Bonchev–Trinajstić information content (AvgIpc) is 2.84. The highest BCUT2D eigenvalue weighted by Crippen LogP contribution is 2.32. The monoisotopic (exact) mass is 262 g/mol. The fraction of sp³-hybridized carbons (Fsp3) is 0.800. The third-order valence-electron chi connectivity index (χ3n) is 4.71. The van der Waals surface area contributed by atoms with Crippen molar-refractivity contribution in [1.29, 1.82) is 0 Å². The zero-order valence-corrected chi connectivity index (χ0v) is 12.2. The predicted molar refractivity (Wildman–Crippen MR) is 77.1 cm³/mol. The van der Waals surface area contributed by atoms with Gasteiger partial charge in [0, 0.05) is 30.4 Å². The topological polar surface area (TPSA) is 47.1 Å². The van der Waals surface area contributed by atoms with Crippen LogP contribution in [0.2, 0.25) is 0 Å². The molecule has 3 heterocycles. The molecule has 2 aliphatic rings. The van der Waals surface area contributed by atoms with Gasteiger partial charge < -0.3 is 15.2 Å². The van der Waals surface area contributed by atoms with Gasteiger partial charge in [0.15, 0.2) is 0 Å². The second kappa shape index (κ2) is 5.25. The Balaban J connectivity index is 1.84. The van der Waals surface area contributed by atoms with Crippen LogP contribution in [-0.2, 0) is 6.42 Å². The van der Waals surface area contributed by atoms with E-state index >= 15 is 0 Å². The van der Waals surface area contributed by atoms with E-state index in [0.717, 1.165) is 19.4 Å². The lowest BCUT2D eigenvalue weighted by molar-refractivity contribution is 0.161. The summed E-state index contributed by atoms with van der Waals surface area (Å²) in [6.45, 7) is 6.94. The number of hydrogen-bond acceptors (Lipinski definition) is 3. The van der Waals surface area contributed by atoms with Crippen molar-refractivity contribution < 1.29 is 0 Å². The van der Waals surface area contributed by atoms with Crippen LogP contribution in [0, 0.1) is 0 Å². The predicted octanol–water partition coefficient (Wildman–Crippen LogP) is 2.26. The van der Waals surface area contributed by atoms with Gasteiger partial charge in [0.25, 0.3) is 0 Å². The second-order valence-corrected chi connectivity index (χ2v) is 6.37. The van der Waals surface area contributed by atoms with E-state index in [1.54, 1.807) is 0 Å². The van der Waals surface area contributed by atoms with Crippen molar-refractivity contribution in [3.63, 3.8) is 0 Å². The lowest BCUT2D eigenvalue weighted by atomic mass is 9.95. The normalized spacial score (nSPS) is 28.6. The van der Waals surface area contributed by atoms with Crippen molar-refractivity contribution in [2.75, 3.05) is 13.1 Å². The van der Waals surface area contributed by atoms with Gasteiger partial charge in [-0.25, -0.2) is 4.98 Å². The first-order chi connectivity index (χ1) is 9.16. The molecule has 0 bridgehead atoms. The molecule has 1 fully saturated rings. The molecule has 19 heavy (non-hydrogen) atoms. The van der Waals surface area contributed by atoms with E-state index in [2.05, 4.69) is 29.5 Å². The van der Waals surface area contributed by atoms with E-state index in [1.165, 1.54) is 37.3 Å². The second-order valence-electron chi connectivity index (χ2n) is 6.37. The number of likely N-dealkylation sites (tertiary alicyclic amines) is 1. The van der Waals surface area contributed by atoms with Crippen LogP contribution >= 0.6 is 0 Å². The molecule has 4 nitrogen and oxygen atoms in total. The Labute approximate surface area is 116 Å². The molecule has 1 saturated heterocycles. The summed E-state index contributed by atoms with van der Waals surface area (Å²) in [5.41, 5.74) is 7.65. The smallest absolute Gasteiger partial charge is 0.114 e. The lowest BCUT2D eigenvalue weighted by Gasteiger charge is -2.36. The third kappa shape index (κ3) is 2.43. The minimum Gasteiger partial charge on any atom is -0.316 e. The molecule has 0 saturated carbocycles. The van der Waals surface area contributed by atoms with Gasteiger partial charge in [-0.05, 0) is 52.5 Å². The van der Waals surface area contributed by atoms with Crippen molar-refractivity contribution in [1.82, 2.24) is 14.5 Å². The summed E-state index contributed by atoms with van der Waals surface area (Å²) in [6.07, 6.45) is 8.18. The first kappa shape index (κ1) is 13.1. The van der Waals surface area contributed by atoms with Crippen molar-refractivity contribution in [2.45, 2.75) is 64.1 Å². The van der Waals surface area contributed by atoms with E-state index in [0.29, 0.717) is 12.0 Å². The average molecular weight is 262 g/mol. The van der Waals surface area contributed by atoms with E-state index in [4.69, 9.17) is 10.7 Å². The maximum Gasteiger partial charge on any atom is 0.114 e. The Morgan fingerprint density at radius 1 is 1.32 bits per heavy atom. The van der Waals surface area contributed by atoms with Crippen molar-refractivity contribution in [2.24, 2.45) is 5.73 Å². The summed E-state index contributed by atoms with van der Waals surface area (Å²) in [4.78, 5) is 7.30. The molecular weight excluding hydrogens is 236 g/mol. The van der Waals surface area contributed by atoms with Crippen LogP contribution in [0.3, 0.4) is 0 Å². The van der Waals surface area contributed by atoms with Crippen molar-refractivity contribution >= 4 is 0 Å². The summed E-state index contributed by atoms with van der Waals surface area (Å²) < 4.78 is 2.33. The molecule has 0 aromatic carbocycles. The molecule has 0 aliphatic carbocycles. The number of rotatable bonds is 2. The molecule has 0 radical (unpaired) electrons. The summed E-state index contributed by atoms with van der Waals surface area (Å²) in [6, 6.07) is 0.632. The summed E-state index contributed by atoms with van der Waals surface area (Å²) in [5, 5.41) is 0. The SMILES string of the molecule is CC(C)N1CCCC(c2ncc3n2C(N)CCC3)C1. The molecular formula is C15H26N4. The molecule has 3 rings (SSSR count). The summed E-state index contributed by atoms with van der Waals surface area (Å²) >= 11 is 0. The zero-order chi connectivity index (χ0) is 13.4. The van der Waals surface area contributed by atoms with E-state index in [9.17, 15) is 0 Å². The summed E-state index contributed by atoms with van der Waals surface area (Å²) in [5.74, 6) is 1.81. The van der Waals surface area contributed by atoms with Gasteiger partial charge >= 0.3 is 0 Å². The Bertz CT molecular complexity index is 437. The molecule has 0 spiro atoms. The number of aryl methyl sites for hydroxylation is 1. The van der Waals surface area contributed by atoms with E-state index < -0.39 is 0 Å². The zero-order valence-electron chi connectivity index (χ0n) is 12.2. The fourth-order valence-electron chi connectivity index (χ4n) is 3.59. The Morgan fingerprint density at radius 3 is 2.95 bits per heavy atom.